The molecule has 0 bridgehead atoms. The number of rotatable bonds is 5. The van der Waals surface area contributed by atoms with Crippen molar-refractivity contribution in [3.63, 3.8) is 0 Å². The van der Waals surface area contributed by atoms with Gasteiger partial charge in [-0.3, -0.25) is 9.63 Å². The van der Waals surface area contributed by atoms with Crippen LogP contribution in [0.1, 0.15) is 29.1 Å². The van der Waals surface area contributed by atoms with E-state index in [9.17, 15) is 14.7 Å². The summed E-state index contributed by atoms with van der Waals surface area (Å²) in [5.74, 6) is -0.229. The second kappa shape index (κ2) is 11.2. The number of fused-ring (bicyclic) bond motifs is 1. The molecule has 0 fully saturated rings. The largest absolute Gasteiger partial charge is 0.530 e. The van der Waals surface area contributed by atoms with E-state index in [-0.39, 0.29) is 25.0 Å². The Bertz CT molecular complexity index is 957. The molecule has 0 saturated heterocycles. The van der Waals surface area contributed by atoms with Gasteiger partial charge in [0.1, 0.15) is 6.09 Å². The number of carboxylic acid groups (broad SMARTS) is 1. The second-order valence-corrected chi connectivity index (χ2v) is 7.71. The quantitative estimate of drug-likeness (QED) is 0.579. The van der Waals surface area contributed by atoms with Crippen LogP contribution in [0.5, 0.6) is 0 Å². The molecule has 1 aliphatic rings. The number of benzene rings is 1. The first kappa shape index (κ1) is 22.3. The average molecular weight is 442 g/mol. The Morgan fingerprint density at radius 3 is 2.52 bits per heavy atom. The van der Waals surface area contributed by atoms with E-state index in [4.69, 9.17) is 4.84 Å². The van der Waals surface area contributed by atoms with E-state index in [0.29, 0.717) is 17.4 Å². The summed E-state index contributed by atoms with van der Waals surface area (Å²) >= 11 is 1.31. The van der Waals surface area contributed by atoms with Gasteiger partial charge in [0.2, 0.25) is 5.91 Å². The molecular formula is C21H23N5O4S. The number of carbonyl (C=O) groups excluding carboxylic acids is 2. The van der Waals surface area contributed by atoms with Crippen molar-refractivity contribution < 1.29 is 24.5 Å². The maximum Gasteiger partial charge on any atom is 0.223 e. The third kappa shape index (κ3) is 6.85. The monoisotopic (exact) mass is 441 g/mol. The summed E-state index contributed by atoms with van der Waals surface area (Å²) in [4.78, 5) is 37.2. The number of hydroxylamine groups is 1. The fraction of sp³-hybridized carbons (Fsp3) is 0.238. The number of hydrogen-bond donors (Lipinski definition) is 2. The zero-order valence-electron chi connectivity index (χ0n) is 16.9. The molecule has 3 heterocycles. The zero-order valence-corrected chi connectivity index (χ0v) is 17.7. The summed E-state index contributed by atoms with van der Waals surface area (Å²) < 4.78 is 0. The lowest BCUT2D eigenvalue weighted by atomic mass is 10.1. The maximum atomic E-state index is 11.2. The number of H-pyrrole nitrogens is 1. The Hall–Kier alpha value is -3.34. The number of aromatic amines is 1. The molecule has 0 spiro atoms. The van der Waals surface area contributed by atoms with E-state index >= 15 is 0 Å². The van der Waals surface area contributed by atoms with Gasteiger partial charge >= 0.3 is 0 Å². The summed E-state index contributed by atoms with van der Waals surface area (Å²) in [7, 11) is 0. The molecule has 3 aromatic rings. The Balaban J connectivity index is 0.000000391. The van der Waals surface area contributed by atoms with Crippen molar-refractivity contribution in [3.8, 4) is 0 Å². The number of anilines is 1. The van der Waals surface area contributed by atoms with E-state index in [1.807, 2.05) is 60.9 Å². The van der Waals surface area contributed by atoms with E-state index in [2.05, 4.69) is 20.8 Å². The molecule has 9 nitrogen and oxygen atoms in total. The highest BCUT2D eigenvalue weighted by atomic mass is 32.1. The number of thiazole rings is 1. The molecule has 2 amide bonds. The number of nitrogens with zero attached hydrogens (tertiary/aromatic N) is 2. The van der Waals surface area contributed by atoms with Crippen LogP contribution >= 0.6 is 11.3 Å². The minimum absolute atomic E-state index is 0.130. The molecule has 0 saturated carbocycles. The molecule has 1 aliphatic heterocycles. The van der Waals surface area contributed by atoms with E-state index in [0.717, 1.165) is 15.3 Å². The van der Waals surface area contributed by atoms with Gasteiger partial charge in [0, 0.05) is 25.6 Å². The third-order valence-corrected chi connectivity index (χ3v) is 5.37. The molecule has 1 atom stereocenters. The Morgan fingerprint density at radius 1 is 1.23 bits per heavy atom. The highest BCUT2D eigenvalue weighted by Crippen LogP contribution is 2.34. The average Bonchev–Trinajstić information content (AvgIpc) is 3.18. The fourth-order valence-corrected chi connectivity index (χ4v) is 3.93. The van der Waals surface area contributed by atoms with Crippen molar-refractivity contribution in [3.05, 3.63) is 77.1 Å². The Morgan fingerprint density at radius 2 is 1.94 bits per heavy atom. The topological polar surface area (TPSA) is 121 Å². The predicted octanol–water partition coefficient (Wildman–Crippen LogP) is 1.52. The molecule has 0 aliphatic carbocycles. The number of nitrogens with one attached hydrogen (secondary N) is 3. The first-order valence-electron chi connectivity index (χ1n) is 9.58. The lowest BCUT2D eigenvalue weighted by molar-refractivity contribution is -0.377. The van der Waals surface area contributed by atoms with Crippen molar-refractivity contribution in [1.29, 1.82) is 0 Å². The second-order valence-electron chi connectivity index (χ2n) is 6.68. The standard InChI is InChI=1S/C16H18N4O4S.C5H5N/c1-10(21)17-15-18-12-7-20(16(22)23)8-13(14(12)25-15)19-24-9-11-5-3-2-4-6-11;1-2-4-6-5-3-1/h2-6,13,19H,7-9H2,1H3,(H,22,23)(H,17,18,21);1-5H. The number of pyridine rings is 1. The lowest BCUT2D eigenvalue weighted by Gasteiger charge is -2.33. The van der Waals surface area contributed by atoms with E-state index in [1.54, 1.807) is 0 Å². The van der Waals surface area contributed by atoms with Crippen molar-refractivity contribution in [2.45, 2.75) is 26.1 Å². The number of carbonyl (C=O) groups is 2. The molecule has 2 aromatic heterocycles. The molecule has 10 heteroatoms. The molecule has 0 radical (unpaired) electrons. The molecule has 4 rings (SSSR count). The zero-order chi connectivity index (χ0) is 22.1. The van der Waals surface area contributed by atoms with Gasteiger partial charge in [0.15, 0.2) is 17.5 Å². The number of hydrogen-bond acceptors (Lipinski definition) is 7. The molecule has 1 unspecified atom stereocenters. The number of amides is 2. The number of aromatic nitrogens is 2. The first-order chi connectivity index (χ1) is 15.0. The van der Waals surface area contributed by atoms with Crippen molar-refractivity contribution in [2.75, 3.05) is 11.9 Å². The summed E-state index contributed by atoms with van der Waals surface area (Å²) in [5.41, 5.74) is 4.48. The highest BCUT2D eigenvalue weighted by Gasteiger charge is 2.29. The van der Waals surface area contributed by atoms with Crippen molar-refractivity contribution in [2.24, 2.45) is 0 Å². The van der Waals surface area contributed by atoms with Gasteiger partial charge in [-0.25, -0.2) is 9.97 Å². The molecule has 3 N–H and O–H groups in total. The van der Waals surface area contributed by atoms with Crippen LogP contribution in [-0.4, -0.2) is 28.4 Å². The van der Waals surface area contributed by atoms with Gasteiger partial charge in [-0.05, 0) is 5.56 Å². The summed E-state index contributed by atoms with van der Waals surface area (Å²) in [6.07, 6.45) is 2.48. The van der Waals surface area contributed by atoms with Gasteiger partial charge in [0.05, 0.1) is 29.8 Å². The third-order valence-electron chi connectivity index (χ3n) is 4.24. The van der Waals surface area contributed by atoms with Gasteiger partial charge in [0.25, 0.3) is 0 Å². The van der Waals surface area contributed by atoms with Gasteiger partial charge in [-0.1, -0.05) is 47.7 Å². The molecular weight excluding hydrogens is 418 g/mol. The fourth-order valence-electron chi connectivity index (χ4n) is 2.87. The molecule has 31 heavy (non-hydrogen) atoms. The van der Waals surface area contributed by atoms with Crippen LogP contribution in [0.15, 0.2) is 60.9 Å². The van der Waals surface area contributed by atoms with Crippen LogP contribution in [0.3, 0.4) is 0 Å². The van der Waals surface area contributed by atoms with Crippen LogP contribution < -0.4 is 20.9 Å². The van der Waals surface area contributed by atoms with Crippen molar-refractivity contribution in [1.82, 2.24) is 15.4 Å². The van der Waals surface area contributed by atoms with Crippen LogP contribution in [0.4, 0.5) is 9.93 Å². The molecule has 162 valence electrons. The maximum absolute atomic E-state index is 11.2. The Kier molecular flexibility index (Phi) is 8.05. The van der Waals surface area contributed by atoms with Crippen LogP contribution in [0, 0.1) is 0 Å². The lowest BCUT2D eigenvalue weighted by Crippen LogP contribution is -2.47. The SMILES string of the molecule is CC(=O)Nc1nc2c(s1)C(NOCc1ccccc1)CN(C(=O)[O-])C2.c1cc[nH+]cc1. The highest BCUT2D eigenvalue weighted by molar-refractivity contribution is 7.16. The van der Waals surface area contributed by atoms with Gasteiger partial charge in [-0.2, -0.15) is 5.48 Å². The first-order valence-corrected chi connectivity index (χ1v) is 10.4. The Labute approximate surface area is 183 Å². The smallest absolute Gasteiger partial charge is 0.223 e. The normalized spacial score (nSPS) is 14.7. The summed E-state index contributed by atoms with van der Waals surface area (Å²) in [6, 6.07) is 15.1. The van der Waals surface area contributed by atoms with Crippen LogP contribution in [0.2, 0.25) is 0 Å². The summed E-state index contributed by atoms with van der Waals surface area (Å²) in [5, 5.41) is 14.3. The van der Waals surface area contributed by atoms with Crippen LogP contribution in [0.25, 0.3) is 0 Å². The van der Waals surface area contributed by atoms with E-state index < -0.39 is 6.09 Å². The van der Waals surface area contributed by atoms with Gasteiger partial charge < -0.3 is 20.1 Å². The summed E-state index contributed by atoms with van der Waals surface area (Å²) in [6.45, 7) is 2.05. The van der Waals surface area contributed by atoms with Crippen LogP contribution in [-0.2, 0) is 22.8 Å². The van der Waals surface area contributed by atoms with E-state index in [1.165, 1.54) is 18.3 Å². The van der Waals surface area contributed by atoms with Gasteiger partial charge in [-0.15, -0.1) is 0 Å². The minimum Gasteiger partial charge on any atom is -0.530 e. The minimum atomic E-state index is -1.27. The predicted molar refractivity (Wildman–Crippen MR) is 112 cm³/mol. The van der Waals surface area contributed by atoms with Crippen molar-refractivity contribution >= 4 is 28.5 Å². The molecule has 1 aromatic carbocycles.